The predicted molar refractivity (Wildman–Crippen MR) is 103 cm³/mol. The Bertz CT molecular complexity index is 1130. The summed E-state index contributed by atoms with van der Waals surface area (Å²) in [7, 11) is -4.60. The predicted octanol–water partition coefficient (Wildman–Crippen LogP) is 3.47. The monoisotopic (exact) mass is 466 g/mol. The molecule has 1 aromatic heterocycles. The number of hydrogen-bond acceptors (Lipinski definition) is 3. The summed E-state index contributed by atoms with van der Waals surface area (Å²) >= 11 is 0. The van der Waals surface area contributed by atoms with E-state index in [4.69, 9.17) is 0 Å². The van der Waals surface area contributed by atoms with E-state index in [1.165, 1.54) is 11.6 Å². The SMILES string of the molecule is Cc1c(NS(=O)(=O)NC(C)C(F)(F)F)c2n(c1C(=O)Nc1ccc(F)c(F)c1)CCC2. The van der Waals surface area contributed by atoms with Crippen molar-refractivity contribution in [2.45, 2.75) is 45.5 Å². The fourth-order valence-corrected chi connectivity index (χ4v) is 4.57. The second kappa shape index (κ2) is 8.11. The quantitative estimate of drug-likeness (QED) is 0.570. The number of carbonyl (C=O) groups is 1. The first-order valence-electron chi connectivity index (χ1n) is 9.15. The van der Waals surface area contributed by atoms with Gasteiger partial charge < -0.3 is 9.88 Å². The number of carbonyl (C=O) groups excluding carboxylic acids is 1. The molecule has 1 aromatic carbocycles. The van der Waals surface area contributed by atoms with Crippen LogP contribution >= 0.6 is 0 Å². The first kappa shape index (κ1) is 23.0. The van der Waals surface area contributed by atoms with Crippen LogP contribution in [-0.4, -0.2) is 31.1 Å². The van der Waals surface area contributed by atoms with Gasteiger partial charge in [-0.15, -0.1) is 0 Å². The van der Waals surface area contributed by atoms with Gasteiger partial charge in [-0.05, 0) is 38.8 Å². The summed E-state index contributed by atoms with van der Waals surface area (Å²) in [5.41, 5.74) is 0.700. The Morgan fingerprint density at radius 3 is 2.48 bits per heavy atom. The highest BCUT2D eigenvalue weighted by atomic mass is 32.2. The van der Waals surface area contributed by atoms with E-state index in [0.29, 0.717) is 32.0 Å². The summed E-state index contributed by atoms with van der Waals surface area (Å²) in [6.45, 7) is 2.48. The number of alkyl halides is 3. The van der Waals surface area contributed by atoms with Gasteiger partial charge in [-0.25, -0.2) is 8.78 Å². The van der Waals surface area contributed by atoms with Gasteiger partial charge in [0.05, 0.1) is 5.69 Å². The van der Waals surface area contributed by atoms with Gasteiger partial charge in [0.15, 0.2) is 11.6 Å². The zero-order chi connectivity index (χ0) is 23.1. The first-order chi connectivity index (χ1) is 14.3. The average molecular weight is 466 g/mol. The summed E-state index contributed by atoms with van der Waals surface area (Å²) in [6, 6.07) is 0.471. The Kier molecular flexibility index (Phi) is 6.02. The largest absolute Gasteiger partial charge is 0.404 e. The molecule has 0 saturated carbocycles. The lowest BCUT2D eigenvalue weighted by atomic mass is 10.1. The Hall–Kier alpha value is -2.67. The molecule has 2 aromatic rings. The van der Waals surface area contributed by atoms with Crippen molar-refractivity contribution < 1.29 is 35.2 Å². The van der Waals surface area contributed by atoms with Crippen LogP contribution in [0.3, 0.4) is 0 Å². The van der Waals surface area contributed by atoms with Gasteiger partial charge in [-0.1, -0.05) is 0 Å². The van der Waals surface area contributed by atoms with Gasteiger partial charge in [0.2, 0.25) is 0 Å². The van der Waals surface area contributed by atoms with Crippen molar-refractivity contribution >= 4 is 27.5 Å². The van der Waals surface area contributed by atoms with Crippen molar-refractivity contribution in [3.8, 4) is 0 Å². The summed E-state index contributed by atoms with van der Waals surface area (Å²) in [6.07, 6.45) is -3.80. The zero-order valence-electron chi connectivity index (χ0n) is 16.4. The first-order valence-corrected chi connectivity index (χ1v) is 10.6. The van der Waals surface area contributed by atoms with Gasteiger partial charge >= 0.3 is 6.18 Å². The molecule has 1 aliphatic rings. The van der Waals surface area contributed by atoms with Crippen LogP contribution in [-0.2, 0) is 23.2 Å². The van der Waals surface area contributed by atoms with Gasteiger partial charge in [-0.2, -0.15) is 26.3 Å². The number of rotatable bonds is 6. The lowest BCUT2D eigenvalue weighted by Gasteiger charge is -2.18. The van der Waals surface area contributed by atoms with Crippen molar-refractivity contribution in [3.05, 3.63) is 46.8 Å². The van der Waals surface area contributed by atoms with Crippen LogP contribution in [0.15, 0.2) is 18.2 Å². The number of aromatic nitrogens is 1. The van der Waals surface area contributed by atoms with Crippen molar-refractivity contribution in [3.63, 3.8) is 0 Å². The van der Waals surface area contributed by atoms with E-state index < -0.39 is 40.0 Å². The van der Waals surface area contributed by atoms with E-state index in [0.717, 1.165) is 18.2 Å². The third kappa shape index (κ3) is 4.82. The summed E-state index contributed by atoms with van der Waals surface area (Å²) in [4.78, 5) is 12.8. The molecule has 0 radical (unpaired) electrons. The van der Waals surface area contributed by atoms with Crippen molar-refractivity contribution in [2.75, 3.05) is 10.0 Å². The van der Waals surface area contributed by atoms with Gasteiger partial charge in [0.1, 0.15) is 11.7 Å². The standard InChI is InChI=1S/C18H19F5N4O3S/c1-9-15(26-31(29,30)25-10(2)18(21,22)23)14-4-3-7-27(14)16(9)17(28)24-11-5-6-12(19)13(20)8-11/h5-6,8,10,25-26H,3-4,7H2,1-2H3,(H,24,28). The molecule has 31 heavy (non-hydrogen) atoms. The summed E-state index contributed by atoms with van der Waals surface area (Å²) in [5.74, 6) is -2.95. The van der Waals surface area contributed by atoms with E-state index in [1.807, 2.05) is 0 Å². The highest BCUT2D eigenvalue weighted by Crippen LogP contribution is 2.34. The van der Waals surface area contributed by atoms with Crippen LogP contribution in [0.2, 0.25) is 0 Å². The third-order valence-corrected chi connectivity index (χ3v) is 6.00. The molecule has 1 atom stereocenters. The van der Waals surface area contributed by atoms with Crippen LogP contribution in [0.1, 0.15) is 35.1 Å². The van der Waals surface area contributed by atoms with Crippen molar-refractivity contribution in [2.24, 2.45) is 0 Å². The molecule has 0 fully saturated rings. The lowest BCUT2D eigenvalue weighted by Crippen LogP contribution is -2.45. The highest BCUT2D eigenvalue weighted by molar-refractivity contribution is 7.90. The van der Waals surface area contributed by atoms with Crippen LogP contribution in [0.4, 0.5) is 33.3 Å². The van der Waals surface area contributed by atoms with Gasteiger partial charge in [0, 0.05) is 29.6 Å². The Morgan fingerprint density at radius 2 is 1.87 bits per heavy atom. The Balaban J connectivity index is 1.90. The number of anilines is 2. The number of hydrogen-bond donors (Lipinski definition) is 3. The molecular weight excluding hydrogens is 447 g/mol. The minimum Gasteiger partial charge on any atom is -0.338 e. The molecule has 7 nitrogen and oxygen atoms in total. The zero-order valence-corrected chi connectivity index (χ0v) is 17.2. The number of nitrogens with one attached hydrogen (secondary N) is 3. The molecule has 13 heteroatoms. The number of fused-ring (bicyclic) bond motifs is 1. The fraction of sp³-hybridized carbons (Fsp3) is 0.389. The van der Waals surface area contributed by atoms with Crippen molar-refractivity contribution in [1.29, 1.82) is 0 Å². The van der Waals surface area contributed by atoms with E-state index in [9.17, 15) is 35.2 Å². The normalized spacial score (nSPS) is 14.9. The van der Waals surface area contributed by atoms with Gasteiger partial charge in [-0.3, -0.25) is 9.52 Å². The number of amides is 1. The molecule has 1 amide bonds. The third-order valence-electron chi connectivity index (χ3n) is 4.86. The molecule has 0 saturated heterocycles. The average Bonchev–Trinajstić information content (AvgIpc) is 3.19. The van der Waals surface area contributed by atoms with E-state index in [-0.39, 0.29) is 22.6 Å². The number of benzene rings is 1. The summed E-state index contributed by atoms with van der Waals surface area (Å²) < 4.78 is 94.3. The molecule has 3 rings (SSSR count). The number of halogens is 5. The van der Waals surface area contributed by atoms with Gasteiger partial charge in [0.25, 0.3) is 16.1 Å². The van der Waals surface area contributed by atoms with E-state index in [2.05, 4.69) is 10.0 Å². The molecular formula is C18H19F5N4O3S. The topological polar surface area (TPSA) is 92.2 Å². The Labute approximate surface area is 174 Å². The van der Waals surface area contributed by atoms with Crippen LogP contribution in [0, 0.1) is 18.6 Å². The van der Waals surface area contributed by atoms with E-state index in [1.54, 1.807) is 4.57 Å². The minimum atomic E-state index is -4.78. The second-order valence-corrected chi connectivity index (χ2v) is 8.57. The highest BCUT2D eigenvalue weighted by Gasteiger charge is 2.39. The molecule has 1 unspecified atom stereocenters. The smallest absolute Gasteiger partial charge is 0.338 e. The Morgan fingerprint density at radius 1 is 1.19 bits per heavy atom. The minimum absolute atomic E-state index is 0.00908. The summed E-state index contributed by atoms with van der Waals surface area (Å²) in [5, 5.41) is 2.42. The maximum atomic E-state index is 13.4. The number of nitrogens with zero attached hydrogens (tertiary/aromatic N) is 1. The van der Waals surface area contributed by atoms with E-state index >= 15 is 0 Å². The molecule has 3 N–H and O–H groups in total. The molecule has 170 valence electrons. The molecule has 0 bridgehead atoms. The van der Waals surface area contributed by atoms with Crippen LogP contribution in [0.5, 0.6) is 0 Å². The maximum Gasteiger partial charge on any atom is 0.404 e. The molecule has 1 aliphatic heterocycles. The second-order valence-electron chi connectivity index (χ2n) is 7.12. The fourth-order valence-electron chi connectivity index (χ4n) is 3.37. The maximum absolute atomic E-state index is 13.4. The molecule has 0 aliphatic carbocycles. The molecule has 0 spiro atoms. The molecule has 2 heterocycles. The van der Waals surface area contributed by atoms with Crippen LogP contribution < -0.4 is 14.8 Å². The van der Waals surface area contributed by atoms with Crippen LogP contribution in [0.25, 0.3) is 0 Å². The lowest BCUT2D eigenvalue weighted by molar-refractivity contribution is -0.147. The van der Waals surface area contributed by atoms with Crippen molar-refractivity contribution in [1.82, 2.24) is 9.29 Å².